The molecular weight excluding hydrogens is 516 g/mol. The number of methoxy groups -OCH3 is 2. The molecule has 9 heteroatoms. The van der Waals surface area contributed by atoms with E-state index in [-0.39, 0.29) is 23.9 Å². The van der Waals surface area contributed by atoms with E-state index in [1.165, 1.54) is 12.8 Å². The number of carbonyl (C=O) groups is 1. The van der Waals surface area contributed by atoms with Crippen LogP contribution < -0.4 is 10.5 Å². The molecule has 7 rings (SSSR count). The number of nitrogens with two attached hydrogens (primary N) is 1. The lowest BCUT2D eigenvalue weighted by molar-refractivity contribution is -0.00392. The number of pyridine rings is 1. The Bertz CT molecular complexity index is 1610. The van der Waals surface area contributed by atoms with Gasteiger partial charge in [0.15, 0.2) is 5.82 Å². The summed E-state index contributed by atoms with van der Waals surface area (Å²) in [6, 6.07) is 10.1. The van der Waals surface area contributed by atoms with Gasteiger partial charge in [-0.3, -0.25) is 4.79 Å². The minimum atomic E-state index is -0.0317. The second-order valence-electron chi connectivity index (χ2n) is 12.5. The maximum absolute atomic E-state index is 13.8. The van der Waals surface area contributed by atoms with E-state index < -0.39 is 0 Å². The van der Waals surface area contributed by atoms with Gasteiger partial charge in [-0.2, -0.15) is 0 Å². The topological polar surface area (TPSA) is 100 Å². The first-order chi connectivity index (χ1) is 19.9. The average molecular weight is 557 g/mol. The zero-order valence-electron chi connectivity index (χ0n) is 24.4. The number of ether oxygens (including phenoxy) is 2. The largest absolute Gasteiger partial charge is 0.494 e. The van der Waals surface area contributed by atoms with Gasteiger partial charge in [0.25, 0.3) is 5.91 Å². The molecule has 4 heterocycles. The van der Waals surface area contributed by atoms with E-state index in [1.807, 2.05) is 36.2 Å². The molecule has 9 nitrogen and oxygen atoms in total. The Labute approximate surface area is 240 Å². The first-order valence-corrected chi connectivity index (χ1v) is 15.0. The lowest BCUT2D eigenvalue weighted by Crippen LogP contribution is -2.40. The molecule has 1 saturated heterocycles. The molecule has 216 valence electrons. The number of benzene rings is 1. The molecule has 2 saturated carbocycles. The van der Waals surface area contributed by atoms with Gasteiger partial charge >= 0.3 is 0 Å². The Morgan fingerprint density at radius 2 is 1.85 bits per heavy atom. The van der Waals surface area contributed by atoms with Crippen molar-refractivity contribution >= 4 is 28.0 Å². The van der Waals surface area contributed by atoms with Crippen molar-refractivity contribution in [3.05, 3.63) is 42.1 Å². The highest BCUT2D eigenvalue weighted by Gasteiger charge is 2.38. The zero-order chi connectivity index (χ0) is 28.4. The summed E-state index contributed by atoms with van der Waals surface area (Å²) in [5.41, 5.74) is 10.7. The van der Waals surface area contributed by atoms with Crippen molar-refractivity contribution in [2.75, 3.05) is 20.8 Å². The first kappa shape index (κ1) is 26.5. The molecule has 2 N–H and O–H groups in total. The van der Waals surface area contributed by atoms with Crippen LogP contribution in [0.3, 0.4) is 0 Å². The summed E-state index contributed by atoms with van der Waals surface area (Å²) in [5, 5.41) is 1.11. The van der Waals surface area contributed by atoms with Gasteiger partial charge in [-0.05, 0) is 80.7 Å². The molecule has 3 atom stereocenters. The monoisotopic (exact) mass is 556 g/mol. The highest BCUT2D eigenvalue weighted by molar-refractivity contribution is 6.00. The molecular formula is C32H40N6O3. The molecule has 3 fully saturated rings. The van der Waals surface area contributed by atoms with Crippen LogP contribution in [0.25, 0.3) is 33.6 Å². The molecule has 4 aromatic rings. The third-order valence-electron chi connectivity index (χ3n) is 9.71. The fourth-order valence-corrected chi connectivity index (χ4v) is 6.89. The van der Waals surface area contributed by atoms with Gasteiger partial charge in [0.1, 0.15) is 16.9 Å². The molecule has 2 aliphatic carbocycles. The maximum atomic E-state index is 13.8. The Kier molecular flexibility index (Phi) is 6.54. The van der Waals surface area contributed by atoms with Crippen LogP contribution in [0.15, 0.2) is 36.5 Å². The quantitative estimate of drug-likeness (QED) is 0.338. The second kappa shape index (κ2) is 10.1. The van der Waals surface area contributed by atoms with Crippen LogP contribution in [-0.4, -0.2) is 68.9 Å². The van der Waals surface area contributed by atoms with E-state index in [4.69, 9.17) is 25.2 Å². The predicted molar refractivity (Wildman–Crippen MR) is 159 cm³/mol. The lowest BCUT2D eigenvalue weighted by Gasteiger charge is -2.34. The number of likely N-dealkylation sites (tertiary alicyclic amines) is 1. The van der Waals surface area contributed by atoms with Gasteiger partial charge in [-0.1, -0.05) is 6.92 Å². The van der Waals surface area contributed by atoms with Gasteiger partial charge in [-0.15, -0.1) is 0 Å². The van der Waals surface area contributed by atoms with E-state index in [0.29, 0.717) is 35.8 Å². The molecule has 1 amide bonds. The summed E-state index contributed by atoms with van der Waals surface area (Å²) in [6.07, 6.45) is 6.72. The van der Waals surface area contributed by atoms with Crippen LogP contribution in [0.2, 0.25) is 0 Å². The number of nitrogens with zero attached hydrogens (tertiary/aromatic N) is 5. The normalized spacial score (nSPS) is 26.2. The highest BCUT2D eigenvalue weighted by atomic mass is 16.5. The van der Waals surface area contributed by atoms with Crippen molar-refractivity contribution < 1.29 is 14.3 Å². The van der Waals surface area contributed by atoms with Crippen molar-refractivity contribution in [3.63, 3.8) is 0 Å². The van der Waals surface area contributed by atoms with Crippen LogP contribution in [0.1, 0.15) is 49.9 Å². The van der Waals surface area contributed by atoms with Crippen LogP contribution in [-0.2, 0) is 17.8 Å². The average Bonchev–Trinajstić information content (AvgIpc) is 3.53. The number of aromatic nitrogens is 4. The van der Waals surface area contributed by atoms with E-state index in [9.17, 15) is 4.79 Å². The Morgan fingerprint density at radius 3 is 2.54 bits per heavy atom. The number of fused-ring (bicyclic) bond motifs is 2. The van der Waals surface area contributed by atoms with Crippen LogP contribution >= 0.6 is 0 Å². The van der Waals surface area contributed by atoms with Gasteiger partial charge in [-0.25, -0.2) is 9.97 Å². The smallest absolute Gasteiger partial charge is 0.254 e. The third-order valence-corrected chi connectivity index (χ3v) is 9.71. The maximum Gasteiger partial charge on any atom is 0.254 e. The van der Waals surface area contributed by atoms with Crippen molar-refractivity contribution in [2.45, 2.75) is 70.8 Å². The minimum Gasteiger partial charge on any atom is -0.494 e. The SMILES string of the molecule is COc1cc(C(=O)N2C[C@@H](C)C(N)[C@H]2C)cc2nc(-c3cc4cccnc4n3CC3CC3)n(CC3CC(OC)C3)c12. The molecule has 3 aromatic heterocycles. The number of amides is 1. The first-order valence-electron chi connectivity index (χ1n) is 15.0. The number of imidazole rings is 1. The van der Waals surface area contributed by atoms with Crippen molar-refractivity contribution in [1.82, 2.24) is 24.0 Å². The number of rotatable bonds is 8. The number of hydrogen-bond donors (Lipinski definition) is 1. The fraction of sp³-hybridized carbons (Fsp3) is 0.531. The Balaban J connectivity index is 1.38. The Morgan fingerprint density at radius 1 is 1.07 bits per heavy atom. The molecule has 1 aromatic carbocycles. The van der Waals surface area contributed by atoms with Crippen molar-refractivity contribution in [3.8, 4) is 17.3 Å². The number of hydrogen-bond acceptors (Lipinski definition) is 6. The van der Waals surface area contributed by atoms with Gasteiger partial charge in [0.2, 0.25) is 0 Å². The van der Waals surface area contributed by atoms with Crippen LogP contribution in [0, 0.1) is 17.8 Å². The van der Waals surface area contributed by atoms with Gasteiger partial charge in [0.05, 0.1) is 24.4 Å². The van der Waals surface area contributed by atoms with E-state index in [1.54, 1.807) is 14.2 Å². The third kappa shape index (κ3) is 4.50. The zero-order valence-corrected chi connectivity index (χ0v) is 24.4. The lowest BCUT2D eigenvalue weighted by atomic mass is 9.82. The van der Waals surface area contributed by atoms with E-state index in [0.717, 1.165) is 59.5 Å². The van der Waals surface area contributed by atoms with E-state index in [2.05, 4.69) is 28.2 Å². The summed E-state index contributed by atoms with van der Waals surface area (Å²) in [5.74, 6) is 2.95. The summed E-state index contributed by atoms with van der Waals surface area (Å²) in [4.78, 5) is 25.7. The molecule has 41 heavy (non-hydrogen) atoms. The molecule has 0 bridgehead atoms. The van der Waals surface area contributed by atoms with Crippen molar-refractivity contribution in [2.24, 2.45) is 23.5 Å². The minimum absolute atomic E-state index is 0.0229. The molecule has 0 spiro atoms. The van der Waals surface area contributed by atoms with Crippen molar-refractivity contribution in [1.29, 1.82) is 0 Å². The molecule has 1 unspecified atom stereocenters. The fourth-order valence-electron chi connectivity index (χ4n) is 6.89. The van der Waals surface area contributed by atoms with E-state index >= 15 is 0 Å². The summed E-state index contributed by atoms with van der Waals surface area (Å²) >= 11 is 0. The summed E-state index contributed by atoms with van der Waals surface area (Å²) in [6.45, 7) is 6.53. The molecule has 1 aliphatic heterocycles. The molecule has 0 radical (unpaired) electrons. The van der Waals surface area contributed by atoms with Crippen LogP contribution in [0.5, 0.6) is 5.75 Å². The standard InChI is InChI=1S/C32H40N6O3/c1-18-15-36(19(2)28(18)33)32(39)23-12-25-29(27(14-23)41-4)38(17-21-10-24(11-21)40-3)31(35-25)26-13-22-6-5-9-34-30(22)37(26)16-20-7-8-20/h5-6,9,12-14,18-21,24,28H,7-8,10-11,15-17,33H2,1-4H3/t18-,19-,21?,24?,28?/m1/s1. The van der Waals surface area contributed by atoms with Gasteiger partial charge < -0.3 is 29.2 Å². The van der Waals surface area contributed by atoms with Crippen LogP contribution in [0.4, 0.5) is 0 Å². The second-order valence-corrected chi connectivity index (χ2v) is 12.5. The predicted octanol–water partition coefficient (Wildman–Crippen LogP) is 4.70. The summed E-state index contributed by atoms with van der Waals surface area (Å²) in [7, 11) is 3.47. The Hall–Kier alpha value is -3.43. The summed E-state index contributed by atoms with van der Waals surface area (Å²) < 4.78 is 16.2. The highest BCUT2D eigenvalue weighted by Crippen LogP contribution is 2.40. The van der Waals surface area contributed by atoms with Gasteiger partial charge in [0, 0.05) is 56.0 Å². The number of carbonyl (C=O) groups excluding carboxylic acids is 1. The molecule has 3 aliphatic rings.